The Hall–Kier alpha value is -1.49. The fourth-order valence-corrected chi connectivity index (χ4v) is 2.67. The Morgan fingerprint density at radius 2 is 2.32 bits per heavy atom. The van der Waals surface area contributed by atoms with Gasteiger partial charge in [-0.3, -0.25) is 9.59 Å². The molecular formula is C14H18N2O2S. The van der Waals surface area contributed by atoms with E-state index in [1.54, 1.807) is 23.9 Å². The number of rotatable bonds is 5. The lowest BCUT2D eigenvalue weighted by atomic mass is 10.1. The van der Waals surface area contributed by atoms with Crippen molar-refractivity contribution in [1.29, 1.82) is 0 Å². The highest BCUT2D eigenvalue weighted by Gasteiger charge is 2.19. The van der Waals surface area contributed by atoms with Gasteiger partial charge in [0.1, 0.15) is 0 Å². The van der Waals surface area contributed by atoms with Crippen LogP contribution < -0.4 is 10.6 Å². The molecule has 102 valence electrons. The van der Waals surface area contributed by atoms with Crippen molar-refractivity contribution in [2.24, 2.45) is 0 Å². The summed E-state index contributed by atoms with van der Waals surface area (Å²) in [7, 11) is 0. The van der Waals surface area contributed by atoms with Crippen molar-refractivity contribution in [3.8, 4) is 0 Å². The minimum Gasteiger partial charge on any atom is -0.349 e. The number of hydrogen-bond donors (Lipinski definition) is 2. The van der Waals surface area contributed by atoms with Gasteiger partial charge >= 0.3 is 0 Å². The molecule has 2 rings (SSSR count). The molecule has 0 aromatic heterocycles. The third kappa shape index (κ3) is 3.50. The second-order valence-corrected chi connectivity index (χ2v) is 5.95. The van der Waals surface area contributed by atoms with Crippen LogP contribution in [0.15, 0.2) is 18.2 Å². The van der Waals surface area contributed by atoms with E-state index in [2.05, 4.69) is 17.6 Å². The van der Waals surface area contributed by atoms with E-state index in [4.69, 9.17) is 0 Å². The molecule has 2 N–H and O–H groups in total. The van der Waals surface area contributed by atoms with Gasteiger partial charge in [0.05, 0.1) is 6.42 Å². The molecule has 4 nitrogen and oxygen atoms in total. The molecule has 1 unspecified atom stereocenters. The predicted molar refractivity (Wildman–Crippen MR) is 78.7 cm³/mol. The maximum atomic E-state index is 12.1. The highest BCUT2D eigenvalue weighted by Crippen LogP contribution is 2.24. The van der Waals surface area contributed by atoms with Gasteiger partial charge < -0.3 is 10.6 Å². The number of anilines is 1. The lowest BCUT2D eigenvalue weighted by Crippen LogP contribution is -2.34. The topological polar surface area (TPSA) is 58.2 Å². The van der Waals surface area contributed by atoms with Gasteiger partial charge in [-0.15, -0.1) is 0 Å². The number of carbonyl (C=O) groups excluding carboxylic acids is 2. The smallest absolute Gasteiger partial charge is 0.251 e. The summed E-state index contributed by atoms with van der Waals surface area (Å²) >= 11 is 1.80. The number of thioether (sulfide) groups is 1. The fraction of sp³-hybridized carbons (Fsp3) is 0.429. The van der Waals surface area contributed by atoms with Gasteiger partial charge in [0.2, 0.25) is 5.91 Å². The van der Waals surface area contributed by atoms with Crippen molar-refractivity contribution in [3.63, 3.8) is 0 Å². The Morgan fingerprint density at radius 1 is 1.53 bits per heavy atom. The molecule has 19 heavy (non-hydrogen) atoms. The average molecular weight is 278 g/mol. The third-order valence-electron chi connectivity index (χ3n) is 2.95. The lowest BCUT2D eigenvalue weighted by Gasteiger charge is -2.13. The summed E-state index contributed by atoms with van der Waals surface area (Å²) in [5, 5.41) is 5.72. The molecule has 1 aliphatic heterocycles. The first-order valence-corrected chi connectivity index (χ1v) is 7.57. The van der Waals surface area contributed by atoms with Crippen LogP contribution in [0.25, 0.3) is 0 Å². The van der Waals surface area contributed by atoms with Crippen LogP contribution in [0.5, 0.6) is 0 Å². The number of amides is 2. The second-order valence-electron chi connectivity index (χ2n) is 4.63. The van der Waals surface area contributed by atoms with E-state index in [0.717, 1.165) is 22.8 Å². The van der Waals surface area contributed by atoms with E-state index in [1.165, 1.54) is 0 Å². The predicted octanol–water partition coefficient (Wildman–Crippen LogP) is 2.05. The van der Waals surface area contributed by atoms with Crippen LogP contribution in [0, 0.1) is 0 Å². The Kier molecular flexibility index (Phi) is 4.47. The Morgan fingerprint density at radius 3 is 3.05 bits per heavy atom. The summed E-state index contributed by atoms with van der Waals surface area (Å²) < 4.78 is 0. The molecule has 0 saturated heterocycles. The van der Waals surface area contributed by atoms with E-state index in [-0.39, 0.29) is 17.9 Å². The van der Waals surface area contributed by atoms with Gasteiger partial charge in [-0.05, 0) is 30.4 Å². The van der Waals surface area contributed by atoms with Crippen molar-refractivity contribution in [2.45, 2.75) is 26.3 Å². The van der Waals surface area contributed by atoms with E-state index >= 15 is 0 Å². The minimum absolute atomic E-state index is 0.0136. The zero-order valence-electron chi connectivity index (χ0n) is 11.2. The largest absolute Gasteiger partial charge is 0.349 e. The van der Waals surface area contributed by atoms with Crippen LogP contribution in [-0.2, 0) is 11.2 Å². The first-order valence-electron chi connectivity index (χ1n) is 6.41. The summed E-state index contributed by atoms with van der Waals surface area (Å²) in [4.78, 5) is 23.3. The zero-order chi connectivity index (χ0) is 13.8. The first kappa shape index (κ1) is 13.9. The van der Waals surface area contributed by atoms with Crippen LogP contribution in [0.3, 0.4) is 0 Å². The third-order valence-corrected chi connectivity index (χ3v) is 4.09. The Balaban J connectivity index is 2.00. The maximum Gasteiger partial charge on any atom is 0.251 e. The van der Waals surface area contributed by atoms with Gasteiger partial charge in [-0.1, -0.05) is 13.0 Å². The second kappa shape index (κ2) is 6.10. The van der Waals surface area contributed by atoms with Crippen LogP contribution in [0.2, 0.25) is 0 Å². The molecule has 0 fully saturated rings. The molecule has 0 bridgehead atoms. The van der Waals surface area contributed by atoms with Crippen LogP contribution in [0.4, 0.5) is 5.69 Å². The molecule has 0 spiro atoms. The van der Waals surface area contributed by atoms with Crippen molar-refractivity contribution in [3.05, 3.63) is 29.3 Å². The Labute approximate surface area is 117 Å². The summed E-state index contributed by atoms with van der Waals surface area (Å²) in [6.07, 6.45) is 0.404. The quantitative estimate of drug-likeness (QED) is 0.866. The van der Waals surface area contributed by atoms with E-state index in [0.29, 0.717) is 12.0 Å². The van der Waals surface area contributed by atoms with E-state index in [9.17, 15) is 9.59 Å². The standard InChI is InChI=1S/C14H18N2O2S/c1-3-19-8-9(2)15-14(18)11-5-4-10-7-13(17)16-12(10)6-11/h4-6,9H,3,7-8H2,1-2H3,(H,15,18)(H,16,17). The molecule has 0 saturated carbocycles. The number of carbonyl (C=O) groups is 2. The molecule has 1 aromatic carbocycles. The lowest BCUT2D eigenvalue weighted by molar-refractivity contribution is -0.115. The van der Waals surface area contributed by atoms with Crippen molar-refractivity contribution >= 4 is 29.3 Å². The highest BCUT2D eigenvalue weighted by atomic mass is 32.2. The van der Waals surface area contributed by atoms with E-state index in [1.807, 2.05) is 13.0 Å². The summed E-state index contributed by atoms with van der Waals surface area (Å²) in [5.74, 6) is 1.85. The number of fused-ring (bicyclic) bond motifs is 1. The SMILES string of the molecule is CCSCC(C)NC(=O)c1ccc2c(c1)NC(=O)C2. The van der Waals surface area contributed by atoms with Crippen LogP contribution in [0.1, 0.15) is 29.8 Å². The van der Waals surface area contributed by atoms with Gasteiger partial charge in [0.25, 0.3) is 5.91 Å². The van der Waals surface area contributed by atoms with Crippen molar-refractivity contribution in [2.75, 3.05) is 16.8 Å². The Bertz CT molecular complexity index is 502. The van der Waals surface area contributed by atoms with Gasteiger partial charge in [-0.25, -0.2) is 0 Å². The molecule has 0 aliphatic carbocycles. The molecule has 1 aromatic rings. The molecule has 2 amide bonds. The minimum atomic E-state index is -0.0897. The molecule has 1 atom stereocenters. The monoisotopic (exact) mass is 278 g/mol. The number of benzene rings is 1. The molecular weight excluding hydrogens is 260 g/mol. The van der Waals surface area contributed by atoms with Gasteiger partial charge in [-0.2, -0.15) is 11.8 Å². The molecule has 5 heteroatoms. The molecule has 1 aliphatic rings. The highest BCUT2D eigenvalue weighted by molar-refractivity contribution is 7.99. The van der Waals surface area contributed by atoms with Crippen LogP contribution >= 0.6 is 11.8 Å². The summed E-state index contributed by atoms with van der Waals surface area (Å²) in [6.45, 7) is 4.10. The normalized spacial score (nSPS) is 14.7. The van der Waals surface area contributed by atoms with Gasteiger partial charge in [0.15, 0.2) is 0 Å². The molecule has 0 radical (unpaired) electrons. The summed E-state index contributed by atoms with van der Waals surface area (Å²) in [5.41, 5.74) is 2.30. The fourth-order valence-electron chi connectivity index (χ4n) is 2.00. The molecule has 1 heterocycles. The van der Waals surface area contributed by atoms with Crippen molar-refractivity contribution in [1.82, 2.24) is 5.32 Å². The maximum absolute atomic E-state index is 12.1. The van der Waals surface area contributed by atoms with Gasteiger partial charge in [0, 0.05) is 23.0 Å². The average Bonchev–Trinajstić information content (AvgIpc) is 2.75. The summed E-state index contributed by atoms with van der Waals surface area (Å²) in [6, 6.07) is 5.50. The van der Waals surface area contributed by atoms with E-state index < -0.39 is 0 Å². The number of hydrogen-bond acceptors (Lipinski definition) is 3. The first-order chi connectivity index (χ1) is 9.10. The zero-order valence-corrected chi connectivity index (χ0v) is 12.0. The van der Waals surface area contributed by atoms with Crippen LogP contribution in [-0.4, -0.2) is 29.4 Å². The van der Waals surface area contributed by atoms with Crippen molar-refractivity contribution < 1.29 is 9.59 Å². The number of nitrogens with one attached hydrogen (secondary N) is 2.